The van der Waals surface area contributed by atoms with Gasteiger partial charge < -0.3 is 10.1 Å². The maximum Gasteiger partial charge on any atom is 0.408 e. The molecule has 0 spiro atoms. The number of thioether (sulfide) groups is 1. The Morgan fingerprint density at radius 1 is 1.29 bits per heavy atom. The predicted octanol–water partition coefficient (Wildman–Crippen LogP) is 4.19. The van der Waals surface area contributed by atoms with Gasteiger partial charge in [-0.2, -0.15) is 0 Å². The van der Waals surface area contributed by atoms with Gasteiger partial charge in [0.05, 0.1) is 6.04 Å². The number of carbonyl (C=O) groups is 2. The second-order valence-electron chi connectivity index (χ2n) is 5.55. The average molecular weight is 330 g/mol. The first kappa shape index (κ1) is 17.9. The highest BCUT2D eigenvalue weighted by molar-refractivity contribution is 8.13. The molecule has 0 saturated heterocycles. The lowest BCUT2D eigenvalue weighted by atomic mass is 10.1. The molecule has 1 atom stereocenters. The molecule has 0 fully saturated rings. The third-order valence-electron chi connectivity index (χ3n) is 2.42. The molecule has 116 valence electrons. The number of nitrogens with one attached hydrogen (secondary N) is 1. The standard InChI is InChI=1S/C15H20ClNO3S/c1-10(18)21-9-13(11-5-7-12(16)8-6-11)17-14(19)20-15(2,3)4/h5-8,13H,9H2,1-4H3,(H,17,19). The molecule has 0 heterocycles. The lowest BCUT2D eigenvalue weighted by Gasteiger charge is -2.23. The van der Waals surface area contributed by atoms with Crippen LogP contribution in [0.25, 0.3) is 0 Å². The van der Waals surface area contributed by atoms with Crippen LogP contribution in [0.2, 0.25) is 5.02 Å². The summed E-state index contributed by atoms with van der Waals surface area (Å²) < 4.78 is 5.25. The van der Waals surface area contributed by atoms with Crippen molar-refractivity contribution in [3.8, 4) is 0 Å². The fourth-order valence-corrected chi connectivity index (χ4v) is 2.37. The molecule has 6 heteroatoms. The number of rotatable bonds is 4. The van der Waals surface area contributed by atoms with Crippen molar-refractivity contribution < 1.29 is 14.3 Å². The van der Waals surface area contributed by atoms with Crippen molar-refractivity contribution in [1.29, 1.82) is 0 Å². The first-order valence-electron chi connectivity index (χ1n) is 6.56. The van der Waals surface area contributed by atoms with E-state index >= 15 is 0 Å². The molecule has 0 aliphatic carbocycles. The number of halogens is 1. The summed E-state index contributed by atoms with van der Waals surface area (Å²) in [4.78, 5) is 23.0. The molecule has 1 rings (SSSR count). The van der Waals surface area contributed by atoms with E-state index in [0.29, 0.717) is 10.8 Å². The minimum absolute atomic E-state index is 0.0000442. The SMILES string of the molecule is CC(=O)SCC(NC(=O)OC(C)(C)C)c1ccc(Cl)cc1. The highest BCUT2D eigenvalue weighted by atomic mass is 35.5. The van der Waals surface area contributed by atoms with Gasteiger partial charge in [0.25, 0.3) is 0 Å². The Bertz CT molecular complexity index is 497. The van der Waals surface area contributed by atoms with Crippen LogP contribution in [0.3, 0.4) is 0 Å². The highest BCUT2D eigenvalue weighted by Crippen LogP contribution is 2.21. The Labute approximate surface area is 134 Å². The Morgan fingerprint density at radius 3 is 2.33 bits per heavy atom. The quantitative estimate of drug-likeness (QED) is 0.900. The van der Waals surface area contributed by atoms with E-state index in [1.807, 2.05) is 12.1 Å². The molecular weight excluding hydrogens is 310 g/mol. The van der Waals surface area contributed by atoms with Crippen LogP contribution in [0.15, 0.2) is 24.3 Å². The molecule has 0 saturated carbocycles. The van der Waals surface area contributed by atoms with Crippen LogP contribution in [0.1, 0.15) is 39.3 Å². The zero-order valence-electron chi connectivity index (χ0n) is 12.6. The summed E-state index contributed by atoms with van der Waals surface area (Å²) in [5.41, 5.74) is 0.307. The van der Waals surface area contributed by atoms with Crippen molar-refractivity contribution in [3.05, 3.63) is 34.9 Å². The number of hydrogen-bond donors (Lipinski definition) is 1. The van der Waals surface area contributed by atoms with Gasteiger partial charge >= 0.3 is 6.09 Å². The minimum Gasteiger partial charge on any atom is -0.444 e. The number of amides is 1. The molecule has 0 bridgehead atoms. The van der Waals surface area contributed by atoms with E-state index < -0.39 is 11.7 Å². The van der Waals surface area contributed by atoms with Gasteiger partial charge in [-0.05, 0) is 38.5 Å². The molecule has 1 unspecified atom stereocenters. The molecule has 1 aromatic rings. The lowest BCUT2D eigenvalue weighted by molar-refractivity contribution is -0.109. The fraction of sp³-hybridized carbons (Fsp3) is 0.467. The Hall–Kier alpha value is -1.20. The van der Waals surface area contributed by atoms with Crippen LogP contribution < -0.4 is 5.32 Å². The van der Waals surface area contributed by atoms with Gasteiger partial charge in [0.15, 0.2) is 5.12 Å². The van der Waals surface area contributed by atoms with E-state index in [2.05, 4.69) is 5.32 Å². The van der Waals surface area contributed by atoms with Crippen molar-refractivity contribution in [2.75, 3.05) is 5.75 Å². The molecule has 0 aliphatic heterocycles. The number of ether oxygens (including phenoxy) is 1. The van der Waals surface area contributed by atoms with Crippen molar-refractivity contribution >= 4 is 34.6 Å². The number of alkyl carbamates (subject to hydrolysis) is 1. The molecule has 0 aromatic heterocycles. The summed E-state index contributed by atoms with van der Waals surface area (Å²) in [6.07, 6.45) is -0.508. The normalized spacial score (nSPS) is 12.6. The molecule has 1 amide bonds. The number of benzene rings is 1. The highest BCUT2D eigenvalue weighted by Gasteiger charge is 2.21. The summed E-state index contributed by atoms with van der Waals surface area (Å²) in [5.74, 6) is 0.441. The third-order valence-corrected chi connectivity index (χ3v) is 3.58. The molecular formula is C15H20ClNO3S. The van der Waals surface area contributed by atoms with Crippen LogP contribution in [-0.2, 0) is 9.53 Å². The molecule has 4 nitrogen and oxygen atoms in total. The second kappa shape index (κ2) is 7.71. The second-order valence-corrected chi connectivity index (χ2v) is 7.19. The van der Waals surface area contributed by atoms with Crippen LogP contribution in [0.4, 0.5) is 4.79 Å². The zero-order valence-corrected chi connectivity index (χ0v) is 14.2. The Morgan fingerprint density at radius 2 is 1.86 bits per heavy atom. The monoisotopic (exact) mass is 329 g/mol. The maximum absolute atomic E-state index is 11.9. The molecule has 21 heavy (non-hydrogen) atoms. The van der Waals surface area contributed by atoms with E-state index in [0.717, 1.165) is 17.3 Å². The number of carbonyl (C=O) groups excluding carboxylic acids is 2. The molecule has 0 aliphatic rings. The van der Waals surface area contributed by atoms with E-state index in [1.54, 1.807) is 32.9 Å². The largest absolute Gasteiger partial charge is 0.444 e. The van der Waals surface area contributed by atoms with E-state index in [4.69, 9.17) is 16.3 Å². The van der Waals surface area contributed by atoms with Gasteiger partial charge in [-0.1, -0.05) is 35.5 Å². The average Bonchev–Trinajstić information content (AvgIpc) is 2.33. The molecule has 1 aromatic carbocycles. The summed E-state index contributed by atoms with van der Waals surface area (Å²) in [7, 11) is 0. The third kappa shape index (κ3) is 7.39. The van der Waals surface area contributed by atoms with Crippen LogP contribution in [-0.4, -0.2) is 22.6 Å². The Kier molecular flexibility index (Phi) is 6.55. The van der Waals surface area contributed by atoms with Crippen molar-refractivity contribution in [2.45, 2.75) is 39.3 Å². The molecule has 0 radical (unpaired) electrons. The summed E-state index contributed by atoms with van der Waals surface area (Å²) in [6, 6.07) is 6.83. The van der Waals surface area contributed by atoms with Crippen LogP contribution in [0.5, 0.6) is 0 Å². The van der Waals surface area contributed by atoms with Crippen molar-refractivity contribution in [2.24, 2.45) is 0 Å². The maximum atomic E-state index is 11.9. The van der Waals surface area contributed by atoms with Gasteiger partial charge in [0.1, 0.15) is 5.60 Å². The zero-order chi connectivity index (χ0) is 16.0. The molecule has 1 N–H and O–H groups in total. The first-order chi connectivity index (χ1) is 9.67. The van der Waals surface area contributed by atoms with Crippen molar-refractivity contribution in [1.82, 2.24) is 5.32 Å². The van der Waals surface area contributed by atoms with Crippen LogP contribution in [0, 0.1) is 0 Å². The summed E-state index contributed by atoms with van der Waals surface area (Å²) in [5, 5.41) is 3.41. The van der Waals surface area contributed by atoms with Gasteiger partial charge in [0, 0.05) is 17.7 Å². The van der Waals surface area contributed by atoms with E-state index in [9.17, 15) is 9.59 Å². The minimum atomic E-state index is -0.567. The van der Waals surface area contributed by atoms with Gasteiger partial charge in [-0.25, -0.2) is 4.79 Å². The number of hydrogen-bond acceptors (Lipinski definition) is 4. The predicted molar refractivity (Wildman–Crippen MR) is 86.7 cm³/mol. The van der Waals surface area contributed by atoms with Crippen molar-refractivity contribution in [3.63, 3.8) is 0 Å². The first-order valence-corrected chi connectivity index (χ1v) is 7.92. The van der Waals surface area contributed by atoms with Gasteiger partial charge in [0.2, 0.25) is 0 Å². The van der Waals surface area contributed by atoms with E-state index in [-0.39, 0.29) is 11.2 Å². The Balaban J connectivity index is 2.79. The van der Waals surface area contributed by atoms with Gasteiger partial charge in [-0.15, -0.1) is 0 Å². The van der Waals surface area contributed by atoms with E-state index in [1.165, 1.54) is 6.92 Å². The fourth-order valence-electron chi connectivity index (χ4n) is 1.57. The topological polar surface area (TPSA) is 55.4 Å². The smallest absolute Gasteiger partial charge is 0.408 e. The summed E-state index contributed by atoms with van der Waals surface area (Å²) in [6.45, 7) is 6.90. The van der Waals surface area contributed by atoms with Crippen LogP contribution >= 0.6 is 23.4 Å². The lowest BCUT2D eigenvalue weighted by Crippen LogP contribution is -2.36. The summed E-state index contributed by atoms with van der Waals surface area (Å²) >= 11 is 7.02. The van der Waals surface area contributed by atoms with Gasteiger partial charge in [-0.3, -0.25) is 4.79 Å².